The monoisotopic (exact) mass is 430 g/mol. The number of ether oxygens (including phenoxy) is 1. The van der Waals surface area contributed by atoms with Crippen LogP contribution < -0.4 is 10.5 Å². The van der Waals surface area contributed by atoms with E-state index in [0.717, 1.165) is 17.5 Å². The third-order valence-electron chi connectivity index (χ3n) is 5.65. The maximum absolute atomic E-state index is 11.7. The first-order valence-corrected chi connectivity index (χ1v) is 10.4. The van der Waals surface area contributed by atoms with Crippen LogP contribution in [0.4, 0.5) is 10.6 Å². The third kappa shape index (κ3) is 3.58. The number of aromatic nitrogens is 4. The van der Waals surface area contributed by atoms with Gasteiger partial charge >= 0.3 is 6.09 Å². The summed E-state index contributed by atoms with van der Waals surface area (Å²) in [6, 6.07) is 13.2. The van der Waals surface area contributed by atoms with E-state index in [9.17, 15) is 9.90 Å². The summed E-state index contributed by atoms with van der Waals surface area (Å²) in [4.78, 5) is 26.6. The summed E-state index contributed by atoms with van der Waals surface area (Å²) >= 11 is 0. The standard InChI is InChI=1S/C23H22N6O3/c24-21-20-19(16-8-9-18(26-13-16)32-14-15-5-2-1-3-6-15)27-22(29(20)12-10-25-21)17-7-4-11-28(17)23(30)31/h1-3,5-6,8-10,12-13,17H,4,7,11,14H2,(H2,24,25)(H,30,31)/t17-/m0/s1. The molecule has 9 nitrogen and oxygen atoms in total. The van der Waals surface area contributed by atoms with Crippen LogP contribution in [-0.2, 0) is 6.61 Å². The largest absolute Gasteiger partial charge is 0.473 e. The molecule has 0 radical (unpaired) electrons. The molecule has 0 bridgehead atoms. The van der Waals surface area contributed by atoms with E-state index < -0.39 is 6.09 Å². The number of amides is 1. The summed E-state index contributed by atoms with van der Waals surface area (Å²) in [5, 5.41) is 9.59. The maximum atomic E-state index is 11.7. The Hall–Kier alpha value is -4.14. The number of fused-ring (bicyclic) bond motifs is 1. The summed E-state index contributed by atoms with van der Waals surface area (Å²) in [6.07, 6.45) is 5.59. The fraction of sp³-hybridized carbons (Fsp3) is 0.217. The van der Waals surface area contributed by atoms with E-state index in [0.29, 0.717) is 48.3 Å². The number of benzene rings is 1. The van der Waals surface area contributed by atoms with Crippen molar-refractivity contribution < 1.29 is 14.6 Å². The molecule has 1 amide bonds. The number of carboxylic acid groups (broad SMARTS) is 1. The van der Waals surface area contributed by atoms with Crippen molar-refractivity contribution in [3.63, 3.8) is 0 Å². The Kier molecular flexibility index (Phi) is 5.06. The topological polar surface area (TPSA) is 119 Å². The average molecular weight is 430 g/mol. The van der Waals surface area contributed by atoms with Gasteiger partial charge in [0.15, 0.2) is 0 Å². The summed E-state index contributed by atoms with van der Waals surface area (Å²) < 4.78 is 7.61. The van der Waals surface area contributed by atoms with Crippen molar-refractivity contribution in [3.8, 4) is 17.1 Å². The van der Waals surface area contributed by atoms with Gasteiger partial charge in [0.2, 0.25) is 5.88 Å². The quantitative estimate of drug-likeness (QED) is 0.495. The number of hydrogen-bond acceptors (Lipinski definition) is 6. The van der Waals surface area contributed by atoms with Gasteiger partial charge < -0.3 is 15.6 Å². The number of nitrogen functional groups attached to an aromatic ring is 1. The normalized spacial score (nSPS) is 15.9. The lowest BCUT2D eigenvalue weighted by atomic mass is 10.2. The van der Waals surface area contributed by atoms with Crippen molar-refractivity contribution in [3.05, 3.63) is 72.4 Å². The first-order chi connectivity index (χ1) is 15.6. The summed E-state index contributed by atoms with van der Waals surface area (Å²) in [5.74, 6) is 1.46. The van der Waals surface area contributed by atoms with Crippen molar-refractivity contribution in [1.29, 1.82) is 0 Å². The minimum atomic E-state index is -0.950. The van der Waals surface area contributed by atoms with E-state index >= 15 is 0 Å². The van der Waals surface area contributed by atoms with E-state index in [-0.39, 0.29) is 6.04 Å². The van der Waals surface area contributed by atoms with E-state index in [1.165, 1.54) is 4.90 Å². The highest BCUT2D eigenvalue weighted by molar-refractivity contribution is 5.85. The predicted octanol–water partition coefficient (Wildman–Crippen LogP) is 3.77. The number of nitrogens with zero attached hydrogens (tertiary/aromatic N) is 5. The summed E-state index contributed by atoms with van der Waals surface area (Å²) in [5.41, 5.74) is 9.26. The molecule has 0 aliphatic carbocycles. The van der Waals surface area contributed by atoms with Crippen LogP contribution in [0.3, 0.4) is 0 Å². The maximum Gasteiger partial charge on any atom is 0.407 e. The second kappa shape index (κ2) is 8.18. The average Bonchev–Trinajstić information content (AvgIpc) is 3.44. The summed E-state index contributed by atoms with van der Waals surface area (Å²) in [6.45, 7) is 0.911. The fourth-order valence-electron chi connectivity index (χ4n) is 4.12. The molecule has 1 aromatic carbocycles. The van der Waals surface area contributed by atoms with Gasteiger partial charge in [0.25, 0.3) is 0 Å². The predicted molar refractivity (Wildman–Crippen MR) is 118 cm³/mol. The highest BCUT2D eigenvalue weighted by Crippen LogP contribution is 2.36. The summed E-state index contributed by atoms with van der Waals surface area (Å²) in [7, 11) is 0. The fourth-order valence-corrected chi connectivity index (χ4v) is 4.12. The minimum absolute atomic E-state index is 0.325. The number of rotatable bonds is 5. The van der Waals surface area contributed by atoms with Crippen molar-refractivity contribution >= 4 is 17.4 Å². The van der Waals surface area contributed by atoms with E-state index in [4.69, 9.17) is 15.5 Å². The second-order valence-corrected chi connectivity index (χ2v) is 7.64. The Morgan fingerprint density at radius 3 is 2.78 bits per heavy atom. The lowest BCUT2D eigenvalue weighted by Gasteiger charge is -2.20. The Balaban J connectivity index is 1.48. The molecule has 4 aromatic rings. The molecule has 0 saturated carbocycles. The SMILES string of the molecule is Nc1nccn2c([C@@H]3CCCN3C(=O)O)nc(-c3ccc(OCc4ccccc4)nc3)c12. The van der Waals surface area contributed by atoms with Gasteiger partial charge in [-0.2, -0.15) is 0 Å². The zero-order chi connectivity index (χ0) is 22.1. The molecule has 32 heavy (non-hydrogen) atoms. The third-order valence-corrected chi connectivity index (χ3v) is 5.65. The van der Waals surface area contributed by atoms with Crippen LogP contribution in [0.25, 0.3) is 16.8 Å². The van der Waals surface area contributed by atoms with Crippen LogP contribution >= 0.6 is 0 Å². The number of pyridine rings is 1. The smallest absolute Gasteiger partial charge is 0.407 e. The second-order valence-electron chi connectivity index (χ2n) is 7.64. The van der Waals surface area contributed by atoms with Crippen LogP contribution in [0.15, 0.2) is 61.1 Å². The molecule has 0 unspecified atom stereocenters. The van der Waals surface area contributed by atoms with Crippen molar-refractivity contribution in [2.24, 2.45) is 0 Å². The van der Waals surface area contributed by atoms with Crippen LogP contribution in [0.1, 0.15) is 30.3 Å². The molecule has 1 fully saturated rings. The first-order valence-electron chi connectivity index (χ1n) is 10.4. The molecular formula is C23H22N6O3. The molecule has 3 N–H and O–H groups in total. The molecule has 1 atom stereocenters. The molecule has 5 rings (SSSR count). The van der Waals surface area contributed by atoms with E-state index in [2.05, 4.69) is 9.97 Å². The molecule has 1 aliphatic rings. The lowest BCUT2D eigenvalue weighted by Crippen LogP contribution is -2.29. The van der Waals surface area contributed by atoms with Crippen LogP contribution in [0, 0.1) is 0 Å². The van der Waals surface area contributed by atoms with Gasteiger partial charge in [-0.25, -0.2) is 19.7 Å². The Bertz CT molecular complexity index is 1260. The molecule has 3 aromatic heterocycles. The number of nitrogens with two attached hydrogens (primary N) is 1. The number of likely N-dealkylation sites (tertiary alicyclic amines) is 1. The van der Waals surface area contributed by atoms with Crippen molar-refractivity contribution in [2.75, 3.05) is 12.3 Å². The van der Waals surface area contributed by atoms with E-state index in [1.807, 2.05) is 40.8 Å². The molecule has 9 heteroatoms. The molecule has 4 heterocycles. The van der Waals surface area contributed by atoms with E-state index in [1.54, 1.807) is 24.7 Å². The van der Waals surface area contributed by atoms with Gasteiger partial charge in [0.1, 0.15) is 29.5 Å². The van der Waals surface area contributed by atoms with Crippen molar-refractivity contribution in [2.45, 2.75) is 25.5 Å². The molecule has 1 aliphatic heterocycles. The number of imidazole rings is 1. The highest BCUT2D eigenvalue weighted by Gasteiger charge is 2.34. The first kappa shape index (κ1) is 19.8. The minimum Gasteiger partial charge on any atom is -0.473 e. The van der Waals surface area contributed by atoms with Crippen molar-refractivity contribution in [1.82, 2.24) is 24.3 Å². The lowest BCUT2D eigenvalue weighted by molar-refractivity contribution is 0.138. The van der Waals surface area contributed by atoms with Gasteiger partial charge in [-0.1, -0.05) is 30.3 Å². The van der Waals surface area contributed by atoms with Gasteiger partial charge in [-0.15, -0.1) is 0 Å². The zero-order valence-corrected chi connectivity index (χ0v) is 17.3. The van der Waals surface area contributed by atoms with Crippen LogP contribution in [0.5, 0.6) is 5.88 Å². The zero-order valence-electron chi connectivity index (χ0n) is 17.3. The Morgan fingerprint density at radius 1 is 1.19 bits per heavy atom. The molecule has 162 valence electrons. The van der Waals surface area contributed by atoms with Gasteiger partial charge in [-0.3, -0.25) is 9.30 Å². The number of hydrogen-bond donors (Lipinski definition) is 2. The highest BCUT2D eigenvalue weighted by atomic mass is 16.5. The Morgan fingerprint density at radius 2 is 2.03 bits per heavy atom. The molecule has 1 saturated heterocycles. The van der Waals surface area contributed by atoms with Crippen LogP contribution in [0.2, 0.25) is 0 Å². The van der Waals surface area contributed by atoms with Gasteiger partial charge in [0, 0.05) is 36.8 Å². The van der Waals surface area contributed by atoms with Crippen LogP contribution in [-0.4, -0.2) is 42.0 Å². The Labute approximate surface area is 184 Å². The number of anilines is 1. The number of carbonyl (C=O) groups is 1. The van der Waals surface area contributed by atoms with Gasteiger partial charge in [-0.05, 0) is 24.5 Å². The molecular weight excluding hydrogens is 408 g/mol. The molecule has 0 spiro atoms. The van der Waals surface area contributed by atoms with Gasteiger partial charge in [0.05, 0.1) is 6.04 Å².